The van der Waals surface area contributed by atoms with Crippen molar-refractivity contribution in [2.45, 2.75) is 13.0 Å². The molecule has 0 radical (unpaired) electrons. The third-order valence-electron chi connectivity index (χ3n) is 2.52. The summed E-state index contributed by atoms with van der Waals surface area (Å²) in [6.45, 7) is 1.73. The van der Waals surface area contributed by atoms with Crippen LogP contribution in [-0.2, 0) is 4.79 Å². The standard InChI is InChI=1S/C15H14INO2/c1-11(19-14-9-5-6-12(16)10-14)15(18)17-13-7-3-2-4-8-13/h2-11H,1H3,(H,17,18). The zero-order valence-corrected chi connectivity index (χ0v) is 12.6. The number of ether oxygens (including phenoxy) is 1. The highest BCUT2D eigenvalue weighted by molar-refractivity contribution is 14.1. The Labute approximate surface area is 126 Å². The molecule has 1 unspecified atom stereocenters. The second kappa shape index (κ2) is 6.56. The molecule has 2 aromatic carbocycles. The number of rotatable bonds is 4. The van der Waals surface area contributed by atoms with Gasteiger partial charge < -0.3 is 10.1 Å². The molecular weight excluding hydrogens is 353 g/mol. The summed E-state index contributed by atoms with van der Waals surface area (Å²) in [4.78, 5) is 12.0. The van der Waals surface area contributed by atoms with E-state index in [2.05, 4.69) is 27.9 Å². The topological polar surface area (TPSA) is 38.3 Å². The quantitative estimate of drug-likeness (QED) is 0.837. The maximum atomic E-state index is 12.0. The monoisotopic (exact) mass is 367 g/mol. The average molecular weight is 367 g/mol. The van der Waals surface area contributed by atoms with E-state index in [9.17, 15) is 4.79 Å². The van der Waals surface area contributed by atoms with Crippen LogP contribution in [0.25, 0.3) is 0 Å². The van der Waals surface area contributed by atoms with E-state index < -0.39 is 6.10 Å². The lowest BCUT2D eigenvalue weighted by Crippen LogP contribution is -2.30. The third kappa shape index (κ3) is 4.24. The van der Waals surface area contributed by atoms with E-state index in [4.69, 9.17) is 4.74 Å². The molecule has 0 bridgehead atoms. The zero-order valence-electron chi connectivity index (χ0n) is 10.5. The SMILES string of the molecule is CC(Oc1cccc(I)c1)C(=O)Nc1ccccc1. The Morgan fingerprint density at radius 2 is 1.89 bits per heavy atom. The fraction of sp³-hybridized carbons (Fsp3) is 0.133. The van der Waals surface area contributed by atoms with Crippen LogP contribution in [0.1, 0.15) is 6.92 Å². The second-order valence-electron chi connectivity index (χ2n) is 4.07. The summed E-state index contributed by atoms with van der Waals surface area (Å²) in [6, 6.07) is 17.0. The molecule has 0 aliphatic carbocycles. The molecular formula is C15H14INO2. The molecule has 2 aromatic rings. The lowest BCUT2D eigenvalue weighted by molar-refractivity contribution is -0.122. The molecule has 4 heteroatoms. The maximum absolute atomic E-state index is 12.0. The summed E-state index contributed by atoms with van der Waals surface area (Å²) in [7, 11) is 0. The molecule has 3 nitrogen and oxygen atoms in total. The van der Waals surface area contributed by atoms with Crippen LogP contribution >= 0.6 is 22.6 Å². The van der Waals surface area contributed by atoms with Crippen LogP contribution in [0, 0.1) is 3.57 Å². The van der Waals surface area contributed by atoms with Gasteiger partial charge in [0.1, 0.15) is 5.75 Å². The van der Waals surface area contributed by atoms with Crippen molar-refractivity contribution >= 4 is 34.2 Å². The molecule has 19 heavy (non-hydrogen) atoms. The molecule has 2 rings (SSSR count). The number of amides is 1. The lowest BCUT2D eigenvalue weighted by atomic mass is 10.3. The van der Waals surface area contributed by atoms with E-state index in [0.29, 0.717) is 5.75 Å². The van der Waals surface area contributed by atoms with Gasteiger partial charge in [0.2, 0.25) is 0 Å². The van der Waals surface area contributed by atoms with Crippen molar-refractivity contribution in [2.24, 2.45) is 0 Å². The highest BCUT2D eigenvalue weighted by Gasteiger charge is 2.14. The molecule has 0 aliphatic heterocycles. The van der Waals surface area contributed by atoms with Gasteiger partial charge in [-0.15, -0.1) is 0 Å². The van der Waals surface area contributed by atoms with Crippen LogP contribution in [-0.4, -0.2) is 12.0 Å². The van der Waals surface area contributed by atoms with Gasteiger partial charge in [-0.2, -0.15) is 0 Å². The van der Waals surface area contributed by atoms with Gasteiger partial charge >= 0.3 is 0 Å². The maximum Gasteiger partial charge on any atom is 0.265 e. The average Bonchev–Trinajstić information content (AvgIpc) is 2.40. The number of nitrogens with one attached hydrogen (secondary N) is 1. The van der Waals surface area contributed by atoms with Crippen LogP contribution < -0.4 is 10.1 Å². The Morgan fingerprint density at radius 3 is 2.58 bits per heavy atom. The van der Waals surface area contributed by atoms with Crippen LogP contribution in [0.5, 0.6) is 5.75 Å². The van der Waals surface area contributed by atoms with E-state index in [1.807, 2.05) is 54.6 Å². The van der Waals surface area contributed by atoms with E-state index in [-0.39, 0.29) is 5.91 Å². The molecule has 0 aliphatic rings. The largest absolute Gasteiger partial charge is 0.481 e. The highest BCUT2D eigenvalue weighted by atomic mass is 127. The summed E-state index contributed by atoms with van der Waals surface area (Å²) < 4.78 is 6.69. The van der Waals surface area contributed by atoms with Gasteiger partial charge in [-0.1, -0.05) is 24.3 Å². The Balaban J connectivity index is 1.96. The predicted molar refractivity (Wildman–Crippen MR) is 84.3 cm³/mol. The first-order valence-electron chi connectivity index (χ1n) is 5.93. The minimum atomic E-state index is -0.543. The Bertz CT molecular complexity index is 557. The van der Waals surface area contributed by atoms with E-state index in [1.54, 1.807) is 6.92 Å². The summed E-state index contributed by atoms with van der Waals surface area (Å²) in [5.41, 5.74) is 0.769. The van der Waals surface area contributed by atoms with E-state index in [0.717, 1.165) is 9.26 Å². The Morgan fingerprint density at radius 1 is 1.16 bits per heavy atom. The fourth-order valence-electron chi connectivity index (χ4n) is 1.56. The van der Waals surface area contributed by atoms with Gasteiger partial charge in [-0.3, -0.25) is 4.79 Å². The number of carbonyl (C=O) groups excluding carboxylic acids is 1. The van der Waals surface area contributed by atoms with Crippen LogP contribution in [0.15, 0.2) is 54.6 Å². The van der Waals surface area contributed by atoms with E-state index >= 15 is 0 Å². The first-order chi connectivity index (χ1) is 9.15. The van der Waals surface area contributed by atoms with Gasteiger partial charge in [-0.05, 0) is 59.8 Å². The van der Waals surface area contributed by atoms with Gasteiger partial charge in [0, 0.05) is 9.26 Å². The number of para-hydroxylation sites is 1. The molecule has 0 saturated heterocycles. The van der Waals surface area contributed by atoms with Gasteiger partial charge in [0.05, 0.1) is 0 Å². The first-order valence-corrected chi connectivity index (χ1v) is 7.01. The summed E-state index contributed by atoms with van der Waals surface area (Å²) >= 11 is 2.21. The fourth-order valence-corrected chi connectivity index (χ4v) is 2.08. The summed E-state index contributed by atoms with van der Waals surface area (Å²) in [5.74, 6) is 0.535. The molecule has 0 fully saturated rings. The van der Waals surface area contributed by atoms with Crippen molar-refractivity contribution in [1.29, 1.82) is 0 Å². The smallest absolute Gasteiger partial charge is 0.265 e. The highest BCUT2D eigenvalue weighted by Crippen LogP contribution is 2.16. The van der Waals surface area contributed by atoms with Crippen molar-refractivity contribution in [3.05, 3.63) is 58.2 Å². The Kier molecular flexibility index (Phi) is 4.79. The van der Waals surface area contributed by atoms with Crippen LogP contribution in [0.2, 0.25) is 0 Å². The van der Waals surface area contributed by atoms with Crippen LogP contribution in [0.4, 0.5) is 5.69 Å². The normalized spacial score (nSPS) is 11.7. The van der Waals surface area contributed by atoms with Crippen molar-refractivity contribution in [3.8, 4) is 5.75 Å². The lowest BCUT2D eigenvalue weighted by Gasteiger charge is -2.14. The predicted octanol–water partition coefficient (Wildman–Crippen LogP) is 3.70. The van der Waals surface area contributed by atoms with Crippen molar-refractivity contribution in [3.63, 3.8) is 0 Å². The molecule has 0 saturated carbocycles. The van der Waals surface area contributed by atoms with Gasteiger partial charge in [0.25, 0.3) is 5.91 Å². The second-order valence-corrected chi connectivity index (χ2v) is 5.32. The van der Waals surface area contributed by atoms with Crippen molar-refractivity contribution in [2.75, 3.05) is 5.32 Å². The van der Waals surface area contributed by atoms with E-state index in [1.165, 1.54) is 0 Å². The van der Waals surface area contributed by atoms with Gasteiger partial charge in [-0.25, -0.2) is 0 Å². The number of halogens is 1. The first kappa shape index (κ1) is 13.9. The van der Waals surface area contributed by atoms with Gasteiger partial charge in [0.15, 0.2) is 6.10 Å². The zero-order chi connectivity index (χ0) is 13.7. The molecule has 1 N–H and O–H groups in total. The molecule has 1 amide bonds. The molecule has 1 atom stereocenters. The molecule has 0 heterocycles. The van der Waals surface area contributed by atoms with Crippen molar-refractivity contribution < 1.29 is 9.53 Å². The minimum Gasteiger partial charge on any atom is -0.481 e. The van der Waals surface area contributed by atoms with Crippen molar-refractivity contribution in [1.82, 2.24) is 0 Å². The molecule has 0 spiro atoms. The number of anilines is 1. The number of hydrogen-bond acceptors (Lipinski definition) is 2. The minimum absolute atomic E-state index is 0.162. The number of benzene rings is 2. The number of carbonyl (C=O) groups is 1. The Hall–Kier alpha value is -1.56. The molecule has 98 valence electrons. The summed E-state index contributed by atoms with van der Waals surface area (Å²) in [5, 5.41) is 2.81. The third-order valence-corrected chi connectivity index (χ3v) is 3.19. The molecule has 0 aromatic heterocycles. The van der Waals surface area contributed by atoms with Crippen LogP contribution in [0.3, 0.4) is 0 Å². The number of hydrogen-bond donors (Lipinski definition) is 1. The summed E-state index contributed by atoms with van der Waals surface area (Å²) in [6.07, 6.45) is -0.543.